The Hall–Kier alpha value is -3.98. The number of hydrogen-bond acceptors (Lipinski definition) is 8. The minimum atomic E-state index is -0.453. The molecule has 0 atom stereocenters. The molecule has 33 heavy (non-hydrogen) atoms. The van der Waals surface area contributed by atoms with Crippen LogP contribution in [0.4, 0.5) is 10.8 Å². The van der Waals surface area contributed by atoms with Crippen molar-refractivity contribution in [3.63, 3.8) is 0 Å². The van der Waals surface area contributed by atoms with Gasteiger partial charge in [-0.15, -0.1) is 0 Å². The lowest BCUT2D eigenvalue weighted by molar-refractivity contribution is -0.384. The van der Waals surface area contributed by atoms with Crippen molar-refractivity contribution in [3.05, 3.63) is 87.5 Å². The third kappa shape index (κ3) is 5.64. The molecule has 1 aromatic heterocycles. The average Bonchev–Trinajstić information content (AvgIpc) is 3.22. The first-order chi connectivity index (χ1) is 16.0. The van der Waals surface area contributed by atoms with Gasteiger partial charge in [-0.2, -0.15) is 5.10 Å². The Bertz CT molecular complexity index is 1290. The number of non-ortho nitro benzene ring substituents is 1. The lowest BCUT2D eigenvalue weighted by atomic mass is 10.1. The standard InChI is InChI=1S/C24H22N4O4S/c1-16-7-9-20(13-17(16)2)31-11-12-32-22-10-8-19(28(29)30)14-18(22)15-25-27-24-26-21-5-3-4-6-23(21)33-24/h3-10,13-15H,11-12H2,1-2H3,(H,26,27)/b25-15-. The number of nitrogens with zero attached hydrogens (tertiary/aromatic N) is 3. The fourth-order valence-corrected chi connectivity index (χ4v) is 3.89. The topological polar surface area (TPSA) is 98.9 Å². The maximum atomic E-state index is 11.2. The second-order valence-electron chi connectivity index (χ2n) is 7.28. The molecule has 4 aromatic rings. The summed E-state index contributed by atoms with van der Waals surface area (Å²) in [5, 5.41) is 16.0. The molecule has 0 aliphatic carbocycles. The molecule has 0 spiro atoms. The number of fused-ring (bicyclic) bond motifs is 1. The molecule has 0 aliphatic rings. The summed E-state index contributed by atoms with van der Waals surface area (Å²) in [4.78, 5) is 15.2. The van der Waals surface area contributed by atoms with E-state index in [1.807, 2.05) is 56.3 Å². The smallest absolute Gasteiger partial charge is 0.270 e. The molecule has 0 fully saturated rings. The molecule has 3 aromatic carbocycles. The molecule has 0 saturated carbocycles. The predicted molar refractivity (Wildman–Crippen MR) is 131 cm³/mol. The van der Waals surface area contributed by atoms with Crippen molar-refractivity contribution in [2.24, 2.45) is 5.10 Å². The van der Waals surface area contributed by atoms with Crippen LogP contribution in [0, 0.1) is 24.0 Å². The van der Waals surface area contributed by atoms with Crippen LogP contribution in [-0.4, -0.2) is 29.3 Å². The van der Waals surface area contributed by atoms with Crippen molar-refractivity contribution < 1.29 is 14.4 Å². The van der Waals surface area contributed by atoms with Gasteiger partial charge in [-0.3, -0.25) is 15.5 Å². The van der Waals surface area contributed by atoms with Gasteiger partial charge in [-0.05, 0) is 55.3 Å². The molecule has 9 heteroatoms. The maximum Gasteiger partial charge on any atom is 0.270 e. The lowest BCUT2D eigenvalue weighted by Crippen LogP contribution is -2.10. The molecule has 1 heterocycles. The first-order valence-corrected chi connectivity index (χ1v) is 11.1. The first kappa shape index (κ1) is 22.2. The van der Waals surface area contributed by atoms with Crippen LogP contribution in [0.5, 0.6) is 11.5 Å². The van der Waals surface area contributed by atoms with Gasteiger partial charge in [0.25, 0.3) is 5.69 Å². The lowest BCUT2D eigenvalue weighted by Gasteiger charge is -2.11. The third-order valence-corrected chi connectivity index (χ3v) is 5.89. The average molecular weight is 463 g/mol. The molecule has 0 aliphatic heterocycles. The number of hydrogen-bond donors (Lipinski definition) is 1. The quantitative estimate of drug-likeness (QED) is 0.148. The number of aromatic nitrogens is 1. The van der Waals surface area contributed by atoms with Gasteiger partial charge in [-0.1, -0.05) is 29.5 Å². The highest BCUT2D eigenvalue weighted by Crippen LogP contribution is 2.26. The van der Waals surface area contributed by atoms with E-state index in [-0.39, 0.29) is 12.3 Å². The van der Waals surface area contributed by atoms with Crippen LogP contribution in [0.1, 0.15) is 16.7 Å². The molecule has 4 rings (SSSR count). The summed E-state index contributed by atoms with van der Waals surface area (Å²) in [5.41, 5.74) is 6.55. The van der Waals surface area contributed by atoms with Crippen LogP contribution in [0.15, 0.2) is 65.8 Å². The van der Waals surface area contributed by atoms with Gasteiger partial charge in [0, 0.05) is 17.7 Å². The van der Waals surface area contributed by atoms with Crippen molar-refractivity contribution >= 4 is 38.6 Å². The van der Waals surface area contributed by atoms with E-state index in [0.717, 1.165) is 21.5 Å². The second-order valence-corrected chi connectivity index (χ2v) is 8.31. The molecule has 0 unspecified atom stereocenters. The van der Waals surface area contributed by atoms with Crippen LogP contribution in [0.25, 0.3) is 10.2 Å². The van der Waals surface area contributed by atoms with E-state index < -0.39 is 4.92 Å². The van der Waals surface area contributed by atoms with E-state index in [4.69, 9.17) is 9.47 Å². The van der Waals surface area contributed by atoms with E-state index in [1.54, 1.807) is 6.07 Å². The first-order valence-electron chi connectivity index (χ1n) is 10.3. The number of hydrazone groups is 1. The van der Waals surface area contributed by atoms with E-state index in [0.29, 0.717) is 23.1 Å². The zero-order valence-electron chi connectivity index (χ0n) is 18.1. The summed E-state index contributed by atoms with van der Waals surface area (Å²) in [6, 6.07) is 18.1. The molecular weight excluding hydrogens is 440 g/mol. The van der Waals surface area contributed by atoms with E-state index in [9.17, 15) is 10.1 Å². The second kappa shape index (κ2) is 10.1. The normalized spacial score (nSPS) is 11.1. The highest BCUT2D eigenvalue weighted by atomic mass is 32.1. The molecule has 0 radical (unpaired) electrons. The van der Waals surface area contributed by atoms with E-state index >= 15 is 0 Å². The molecule has 0 saturated heterocycles. The fourth-order valence-electron chi connectivity index (χ4n) is 3.07. The molecule has 168 valence electrons. The van der Waals surface area contributed by atoms with E-state index in [2.05, 4.69) is 15.5 Å². The Balaban J connectivity index is 1.42. The molecular formula is C24H22N4O4S. The van der Waals surface area contributed by atoms with Crippen LogP contribution in [0.3, 0.4) is 0 Å². The number of nitro groups is 1. The highest BCUT2D eigenvalue weighted by molar-refractivity contribution is 7.22. The van der Waals surface area contributed by atoms with Gasteiger partial charge < -0.3 is 9.47 Å². The number of rotatable bonds is 9. The Morgan fingerprint density at radius 2 is 1.88 bits per heavy atom. The summed E-state index contributed by atoms with van der Waals surface area (Å²) in [5.74, 6) is 1.24. The minimum absolute atomic E-state index is 0.0461. The minimum Gasteiger partial charge on any atom is -0.490 e. The Morgan fingerprint density at radius 1 is 1.06 bits per heavy atom. The van der Waals surface area contributed by atoms with Crippen LogP contribution >= 0.6 is 11.3 Å². The Morgan fingerprint density at radius 3 is 2.67 bits per heavy atom. The number of ether oxygens (including phenoxy) is 2. The highest BCUT2D eigenvalue weighted by Gasteiger charge is 2.11. The van der Waals surface area contributed by atoms with Gasteiger partial charge in [0.05, 0.1) is 21.4 Å². The summed E-state index contributed by atoms with van der Waals surface area (Å²) in [6.45, 7) is 4.69. The molecule has 8 nitrogen and oxygen atoms in total. The van der Waals surface area contributed by atoms with Gasteiger partial charge in [0.15, 0.2) is 0 Å². The fraction of sp³-hybridized carbons (Fsp3) is 0.167. The number of para-hydroxylation sites is 1. The van der Waals surface area contributed by atoms with Crippen molar-refractivity contribution in [1.29, 1.82) is 0 Å². The van der Waals surface area contributed by atoms with Crippen molar-refractivity contribution in [3.8, 4) is 11.5 Å². The van der Waals surface area contributed by atoms with Crippen molar-refractivity contribution in [2.75, 3.05) is 18.6 Å². The Labute approximate surface area is 194 Å². The summed E-state index contributed by atoms with van der Waals surface area (Å²) >= 11 is 1.47. The SMILES string of the molecule is Cc1ccc(OCCOc2ccc([N+](=O)[O-])cc2/C=N\Nc2nc3ccccc3s2)cc1C. The van der Waals surface area contributed by atoms with Crippen LogP contribution in [-0.2, 0) is 0 Å². The van der Waals surface area contributed by atoms with E-state index in [1.165, 1.54) is 35.2 Å². The summed E-state index contributed by atoms with van der Waals surface area (Å²) in [6.07, 6.45) is 1.48. The predicted octanol–water partition coefficient (Wildman–Crippen LogP) is 5.73. The number of thiazole rings is 1. The molecule has 0 amide bonds. The zero-order valence-corrected chi connectivity index (χ0v) is 19.0. The van der Waals surface area contributed by atoms with Gasteiger partial charge in [-0.25, -0.2) is 4.98 Å². The van der Waals surface area contributed by atoms with Crippen molar-refractivity contribution in [1.82, 2.24) is 4.98 Å². The number of anilines is 1. The van der Waals surface area contributed by atoms with Gasteiger partial charge in [0.2, 0.25) is 5.13 Å². The number of nitrogens with one attached hydrogen (secondary N) is 1. The summed E-state index contributed by atoms with van der Waals surface area (Å²) < 4.78 is 12.6. The maximum absolute atomic E-state index is 11.2. The third-order valence-electron chi connectivity index (χ3n) is 4.95. The monoisotopic (exact) mass is 462 g/mol. The largest absolute Gasteiger partial charge is 0.490 e. The number of aryl methyl sites for hydroxylation is 2. The van der Waals surface area contributed by atoms with Crippen LogP contribution in [0.2, 0.25) is 0 Å². The summed E-state index contributed by atoms with van der Waals surface area (Å²) in [7, 11) is 0. The molecule has 0 bridgehead atoms. The van der Waals surface area contributed by atoms with Crippen LogP contribution < -0.4 is 14.9 Å². The number of nitro benzene ring substituents is 1. The van der Waals surface area contributed by atoms with Gasteiger partial charge in [0.1, 0.15) is 24.7 Å². The molecule has 1 N–H and O–H groups in total. The Kier molecular flexibility index (Phi) is 6.80. The van der Waals surface area contributed by atoms with Gasteiger partial charge >= 0.3 is 0 Å². The zero-order chi connectivity index (χ0) is 23.2. The van der Waals surface area contributed by atoms with Crippen molar-refractivity contribution in [2.45, 2.75) is 13.8 Å². The number of benzene rings is 3.